The maximum absolute atomic E-state index is 12.3. The number of carbonyl (C=O) groups is 2. The number of ether oxygens (including phenoxy) is 1. The molecule has 0 unspecified atom stereocenters. The number of halogens is 1. The number of amides is 2. The number of hydrogen-bond donors (Lipinski definition) is 3. The normalized spacial score (nSPS) is 10.1. The lowest BCUT2D eigenvalue weighted by Crippen LogP contribution is -2.23. The highest BCUT2D eigenvalue weighted by Crippen LogP contribution is 2.27. The maximum Gasteiger partial charge on any atom is 0.243 e. The zero-order valence-corrected chi connectivity index (χ0v) is 15.0. The van der Waals surface area contributed by atoms with Crippen molar-refractivity contribution in [2.24, 2.45) is 0 Å². The van der Waals surface area contributed by atoms with Gasteiger partial charge in [0.05, 0.1) is 30.7 Å². The summed E-state index contributed by atoms with van der Waals surface area (Å²) in [6.07, 6.45) is 0. The van der Waals surface area contributed by atoms with Crippen LogP contribution in [0.4, 0.5) is 17.1 Å². The summed E-state index contributed by atoms with van der Waals surface area (Å²) in [7, 11) is 1.54. The van der Waals surface area contributed by atoms with Crippen molar-refractivity contribution < 1.29 is 14.3 Å². The van der Waals surface area contributed by atoms with E-state index in [0.717, 1.165) is 5.56 Å². The summed E-state index contributed by atoms with van der Waals surface area (Å²) in [6.45, 7) is 3.34. The van der Waals surface area contributed by atoms with Crippen LogP contribution in [0.1, 0.15) is 12.5 Å². The fourth-order valence-corrected chi connectivity index (χ4v) is 2.42. The molecule has 0 radical (unpaired) electrons. The van der Waals surface area contributed by atoms with Gasteiger partial charge in [-0.25, -0.2) is 0 Å². The Morgan fingerprint density at radius 2 is 1.80 bits per heavy atom. The van der Waals surface area contributed by atoms with Crippen LogP contribution in [-0.2, 0) is 9.59 Å². The Balaban J connectivity index is 2.07. The Kier molecular flexibility index (Phi) is 6.25. The van der Waals surface area contributed by atoms with Gasteiger partial charge in [0.2, 0.25) is 11.8 Å². The zero-order chi connectivity index (χ0) is 18.4. The average molecular weight is 362 g/mol. The van der Waals surface area contributed by atoms with E-state index in [0.29, 0.717) is 27.8 Å². The number of carbonyl (C=O) groups excluding carboxylic acids is 2. The van der Waals surface area contributed by atoms with E-state index in [1.807, 2.05) is 13.0 Å². The minimum Gasteiger partial charge on any atom is -0.495 e. The van der Waals surface area contributed by atoms with Crippen molar-refractivity contribution in [1.82, 2.24) is 0 Å². The van der Waals surface area contributed by atoms with Crippen molar-refractivity contribution in [3.05, 3.63) is 47.0 Å². The lowest BCUT2D eigenvalue weighted by Gasteiger charge is -2.14. The number of anilines is 3. The molecule has 2 aromatic rings. The minimum atomic E-state index is -0.265. The molecular formula is C18H20ClN3O3. The van der Waals surface area contributed by atoms with Crippen molar-refractivity contribution in [2.75, 3.05) is 29.6 Å². The molecule has 0 fully saturated rings. The molecule has 0 aliphatic carbocycles. The highest BCUT2D eigenvalue weighted by atomic mass is 35.5. The Bertz CT molecular complexity index is 793. The van der Waals surface area contributed by atoms with E-state index in [1.165, 1.54) is 6.92 Å². The first kappa shape index (κ1) is 18.6. The van der Waals surface area contributed by atoms with Crippen molar-refractivity contribution in [1.29, 1.82) is 0 Å². The van der Waals surface area contributed by atoms with Crippen molar-refractivity contribution in [2.45, 2.75) is 13.8 Å². The molecule has 3 N–H and O–H groups in total. The van der Waals surface area contributed by atoms with E-state index in [2.05, 4.69) is 16.0 Å². The molecule has 0 aromatic heterocycles. The molecule has 6 nitrogen and oxygen atoms in total. The monoisotopic (exact) mass is 361 g/mol. The molecule has 132 valence electrons. The predicted molar refractivity (Wildman–Crippen MR) is 101 cm³/mol. The maximum atomic E-state index is 12.3. The lowest BCUT2D eigenvalue weighted by atomic mass is 10.2. The Morgan fingerprint density at radius 1 is 1.04 bits per heavy atom. The Hall–Kier alpha value is -2.73. The average Bonchev–Trinajstić information content (AvgIpc) is 2.55. The van der Waals surface area contributed by atoms with E-state index in [-0.39, 0.29) is 18.4 Å². The molecule has 0 bridgehead atoms. The molecule has 0 saturated heterocycles. The molecule has 0 aliphatic heterocycles. The number of rotatable bonds is 6. The van der Waals surface area contributed by atoms with E-state index in [9.17, 15) is 9.59 Å². The van der Waals surface area contributed by atoms with Gasteiger partial charge in [0.25, 0.3) is 0 Å². The summed E-state index contributed by atoms with van der Waals surface area (Å²) in [5.74, 6) is 0.118. The van der Waals surface area contributed by atoms with Crippen LogP contribution < -0.4 is 20.7 Å². The van der Waals surface area contributed by atoms with Gasteiger partial charge in [-0.3, -0.25) is 9.59 Å². The first-order valence-corrected chi connectivity index (χ1v) is 8.02. The zero-order valence-electron chi connectivity index (χ0n) is 14.3. The molecule has 2 aromatic carbocycles. The van der Waals surface area contributed by atoms with Gasteiger partial charge in [0.15, 0.2) is 0 Å². The first-order chi connectivity index (χ1) is 11.9. The van der Waals surface area contributed by atoms with Gasteiger partial charge in [-0.2, -0.15) is 0 Å². The third-order valence-electron chi connectivity index (χ3n) is 3.36. The van der Waals surface area contributed by atoms with E-state index in [4.69, 9.17) is 16.3 Å². The second kappa shape index (κ2) is 8.39. The highest BCUT2D eigenvalue weighted by Gasteiger charge is 2.10. The summed E-state index contributed by atoms with van der Waals surface area (Å²) in [4.78, 5) is 23.5. The summed E-state index contributed by atoms with van der Waals surface area (Å²) in [5.41, 5.74) is 2.68. The molecule has 2 amide bonds. The molecule has 25 heavy (non-hydrogen) atoms. The molecular weight excluding hydrogens is 342 g/mol. The van der Waals surface area contributed by atoms with Crippen molar-refractivity contribution in [3.63, 3.8) is 0 Å². The van der Waals surface area contributed by atoms with Gasteiger partial charge in [-0.05, 0) is 42.8 Å². The number of methoxy groups -OCH3 is 1. The standard InChI is InChI=1S/C18H20ClN3O3/c1-11-4-6-14(21-12(2)23)15(8-11)22-18(24)10-20-16-9-13(19)5-7-17(16)25-3/h4-9,20H,10H2,1-3H3,(H,21,23)(H,22,24). The highest BCUT2D eigenvalue weighted by molar-refractivity contribution is 6.31. The molecule has 0 saturated carbocycles. The largest absolute Gasteiger partial charge is 0.495 e. The third-order valence-corrected chi connectivity index (χ3v) is 3.60. The van der Waals surface area contributed by atoms with Crippen LogP contribution in [-0.4, -0.2) is 25.5 Å². The van der Waals surface area contributed by atoms with Gasteiger partial charge < -0.3 is 20.7 Å². The fourth-order valence-electron chi connectivity index (χ4n) is 2.25. The van der Waals surface area contributed by atoms with Crippen molar-refractivity contribution in [3.8, 4) is 5.75 Å². The molecule has 0 atom stereocenters. The SMILES string of the molecule is COc1ccc(Cl)cc1NCC(=O)Nc1cc(C)ccc1NC(C)=O. The smallest absolute Gasteiger partial charge is 0.243 e. The third kappa shape index (κ3) is 5.39. The van der Waals surface area contributed by atoms with E-state index < -0.39 is 0 Å². The van der Waals surface area contributed by atoms with Crippen molar-refractivity contribution >= 4 is 40.5 Å². The minimum absolute atomic E-state index is 0.0180. The number of aryl methyl sites for hydroxylation is 1. The van der Waals surface area contributed by atoms with Crippen LogP contribution in [0.5, 0.6) is 5.75 Å². The van der Waals surface area contributed by atoms with Crippen LogP contribution >= 0.6 is 11.6 Å². The van der Waals surface area contributed by atoms with Crippen LogP contribution in [0.3, 0.4) is 0 Å². The van der Waals surface area contributed by atoms with Gasteiger partial charge >= 0.3 is 0 Å². The van der Waals surface area contributed by atoms with Crippen LogP contribution in [0, 0.1) is 6.92 Å². The second-order valence-electron chi connectivity index (χ2n) is 5.48. The van der Waals surface area contributed by atoms with Gasteiger partial charge in [0, 0.05) is 11.9 Å². The fraction of sp³-hybridized carbons (Fsp3) is 0.222. The second-order valence-corrected chi connectivity index (χ2v) is 5.91. The van der Waals surface area contributed by atoms with Gasteiger partial charge in [-0.15, -0.1) is 0 Å². The summed E-state index contributed by atoms with van der Waals surface area (Å²) in [5, 5.41) is 9.01. The van der Waals surface area contributed by atoms with Crippen LogP contribution in [0.25, 0.3) is 0 Å². The molecule has 0 spiro atoms. The quantitative estimate of drug-likeness (QED) is 0.733. The number of hydrogen-bond acceptors (Lipinski definition) is 4. The van der Waals surface area contributed by atoms with Gasteiger partial charge in [0.1, 0.15) is 5.75 Å². The molecule has 0 aliphatic rings. The lowest BCUT2D eigenvalue weighted by molar-refractivity contribution is -0.115. The predicted octanol–water partition coefficient (Wildman–Crippen LogP) is 3.67. The summed E-state index contributed by atoms with van der Waals surface area (Å²) < 4.78 is 5.23. The molecule has 0 heterocycles. The topological polar surface area (TPSA) is 79.5 Å². The molecule has 2 rings (SSSR count). The van der Waals surface area contributed by atoms with E-state index >= 15 is 0 Å². The van der Waals surface area contributed by atoms with E-state index in [1.54, 1.807) is 37.4 Å². The summed E-state index contributed by atoms with van der Waals surface area (Å²) in [6, 6.07) is 10.5. The van der Waals surface area contributed by atoms with Gasteiger partial charge in [-0.1, -0.05) is 17.7 Å². The Morgan fingerprint density at radius 3 is 2.48 bits per heavy atom. The summed E-state index contributed by atoms with van der Waals surface area (Å²) >= 11 is 5.97. The van der Waals surface area contributed by atoms with Crippen LogP contribution in [0.15, 0.2) is 36.4 Å². The van der Waals surface area contributed by atoms with Crippen LogP contribution in [0.2, 0.25) is 5.02 Å². The Labute approximate surface area is 151 Å². The molecule has 7 heteroatoms. The number of nitrogens with one attached hydrogen (secondary N) is 3. The number of benzene rings is 2. The first-order valence-electron chi connectivity index (χ1n) is 7.64.